The molecule has 0 saturated heterocycles. The van der Waals surface area contributed by atoms with E-state index in [1.165, 1.54) is 0 Å². The van der Waals surface area contributed by atoms with Crippen molar-refractivity contribution >= 4 is 11.9 Å². The molecule has 0 aliphatic heterocycles. The zero-order valence-electron chi connectivity index (χ0n) is 13.1. The number of aliphatic carboxylic acids is 1. The highest BCUT2D eigenvalue weighted by Crippen LogP contribution is 2.45. The summed E-state index contributed by atoms with van der Waals surface area (Å²) in [4.78, 5) is 24.2. The van der Waals surface area contributed by atoms with Crippen LogP contribution in [0.25, 0.3) is 0 Å². The van der Waals surface area contributed by atoms with Crippen molar-refractivity contribution in [3.8, 4) is 0 Å². The third kappa shape index (κ3) is 3.84. The van der Waals surface area contributed by atoms with Crippen molar-refractivity contribution in [3.63, 3.8) is 0 Å². The Hall–Kier alpha value is -1.32. The topological polar surface area (TPSA) is 63.6 Å². The Labute approximate surface area is 121 Å². The van der Waals surface area contributed by atoms with E-state index >= 15 is 0 Å². The molecule has 0 aromatic rings. The molecule has 0 amide bonds. The number of hydrogen-bond donors (Lipinski definition) is 1. The number of rotatable bonds is 5. The van der Waals surface area contributed by atoms with Gasteiger partial charge in [-0.25, -0.2) is 0 Å². The van der Waals surface area contributed by atoms with Gasteiger partial charge in [0.1, 0.15) is 5.60 Å². The molecule has 0 heterocycles. The first-order valence-corrected chi connectivity index (χ1v) is 7.20. The number of carboxylic acids is 1. The predicted molar refractivity (Wildman–Crippen MR) is 77.2 cm³/mol. The lowest BCUT2D eigenvalue weighted by Gasteiger charge is -2.36. The van der Waals surface area contributed by atoms with Gasteiger partial charge in [-0.3, -0.25) is 9.59 Å². The highest BCUT2D eigenvalue weighted by molar-refractivity contribution is 5.85. The van der Waals surface area contributed by atoms with E-state index in [-0.39, 0.29) is 11.9 Å². The zero-order chi connectivity index (χ0) is 15.6. The lowest BCUT2D eigenvalue weighted by molar-refractivity contribution is -0.176. The van der Waals surface area contributed by atoms with Gasteiger partial charge in [0.05, 0.1) is 11.3 Å². The van der Waals surface area contributed by atoms with Crippen molar-refractivity contribution in [2.75, 3.05) is 0 Å². The Balaban J connectivity index is 3.06. The van der Waals surface area contributed by atoms with Crippen LogP contribution >= 0.6 is 0 Å². The second kappa shape index (κ2) is 5.98. The van der Waals surface area contributed by atoms with Gasteiger partial charge in [-0.15, -0.1) is 0 Å². The van der Waals surface area contributed by atoms with Crippen LogP contribution in [-0.4, -0.2) is 22.6 Å². The maximum absolute atomic E-state index is 12.6. The molecule has 1 atom stereocenters. The third-order valence-electron chi connectivity index (χ3n) is 3.61. The molecule has 0 saturated carbocycles. The van der Waals surface area contributed by atoms with Gasteiger partial charge in [0.2, 0.25) is 0 Å². The lowest BCUT2D eigenvalue weighted by Crippen LogP contribution is -2.45. The number of carboxylic acid groups (broad SMARTS) is 1. The van der Waals surface area contributed by atoms with Crippen molar-refractivity contribution in [3.05, 3.63) is 12.2 Å². The van der Waals surface area contributed by atoms with Gasteiger partial charge >= 0.3 is 11.9 Å². The van der Waals surface area contributed by atoms with Crippen LogP contribution in [0.15, 0.2) is 12.2 Å². The first-order chi connectivity index (χ1) is 9.08. The molecule has 0 radical (unpaired) electrons. The van der Waals surface area contributed by atoms with Crippen LogP contribution in [0, 0.1) is 17.3 Å². The van der Waals surface area contributed by atoms with E-state index < -0.39 is 22.9 Å². The van der Waals surface area contributed by atoms with Crippen LogP contribution in [-0.2, 0) is 14.3 Å². The maximum Gasteiger partial charge on any atom is 0.314 e. The van der Waals surface area contributed by atoms with Gasteiger partial charge in [0.15, 0.2) is 0 Å². The molecular formula is C16H26O4. The van der Waals surface area contributed by atoms with Crippen molar-refractivity contribution in [2.45, 2.75) is 59.5 Å². The fourth-order valence-electron chi connectivity index (χ4n) is 2.68. The van der Waals surface area contributed by atoms with E-state index in [9.17, 15) is 14.7 Å². The van der Waals surface area contributed by atoms with Crippen molar-refractivity contribution in [2.24, 2.45) is 17.3 Å². The quantitative estimate of drug-likeness (QED) is 0.620. The third-order valence-corrected chi connectivity index (χ3v) is 3.61. The van der Waals surface area contributed by atoms with Crippen molar-refractivity contribution < 1.29 is 19.4 Å². The Bertz CT molecular complexity index is 393. The summed E-state index contributed by atoms with van der Waals surface area (Å²) in [6, 6.07) is 0. The summed E-state index contributed by atoms with van der Waals surface area (Å²) in [7, 11) is 0. The van der Waals surface area contributed by atoms with Crippen LogP contribution in [0.3, 0.4) is 0 Å². The summed E-state index contributed by atoms with van der Waals surface area (Å²) in [6.07, 6.45) is 5.16. The first kappa shape index (κ1) is 16.7. The number of carbonyl (C=O) groups is 2. The molecule has 20 heavy (non-hydrogen) atoms. The molecule has 114 valence electrons. The molecule has 0 spiro atoms. The Kier molecular flexibility index (Phi) is 5.00. The maximum atomic E-state index is 12.6. The number of allylic oxidation sites excluding steroid dienone is 2. The zero-order valence-corrected chi connectivity index (χ0v) is 13.1. The summed E-state index contributed by atoms with van der Waals surface area (Å²) in [5.41, 5.74) is -1.54. The minimum absolute atomic E-state index is 0.219. The fraction of sp³-hybridized carbons (Fsp3) is 0.750. The van der Waals surface area contributed by atoms with E-state index in [4.69, 9.17) is 4.74 Å². The summed E-state index contributed by atoms with van der Waals surface area (Å²) in [5.74, 6) is -1.78. The summed E-state index contributed by atoms with van der Waals surface area (Å²) in [6.45, 7) is 9.36. The molecule has 0 unspecified atom stereocenters. The number of hydrogen-bond acceptors (Lipinski definition) is 3. The van der Waals surface area contributed by atoms with Crippen molar-refractivity contribution in [1.82, 2.24) is 0 Å². The Morgan fingerprint density at radius 1 is 1.25 bits per heavy atom. The van der Waals surface area contributed by atoms with Crippen LogP contribution in [0.4, 0.5) is 0 Å². The molecule has 1 aliphatic rings. The summed E-state index contributed by atoms with van der Waals surface area (Å²) < 4.78 is 5.50. The molecular weight excluding hydrogens is 256 g/mol. The molecule has 4 heteroatoms. The number of carbonyl (C=O) groups excluding carboxylic acids is 1. The van der Waals surface area contributed by atoms with Crippen LogP contribution < -0.4 is 0 Å². The van der Waals surface area contributed by atoms with Gasteiger partial charge in [-0.1, -0.05) is 26.0 Å². The Morgan fingerprint density at radius 3 is 2.10 bits per heavy atom. The highest BCUT2D eigenvalue weighted by atomic mass is 16.6. The Morgan fingerprint density at radius 2 is 1.75 bits per heavy atom. The van der Waals surface area contributed by atoms with Crippen LogP contribution in [0.1, 0.15) is 53.9 Å². The second-order valence-electron chi connectivity index (χ2n) is 7.06. The van der Waals surface area contributed by atoms with Crippen LogP contribution in [0.2, 0.25) is 0 Å². The van der Waals surface area contributed by atoms with E-state index in [1.54, 1.807) is 20.8 Å². The van der Waals surface area contributed by atoms with Gasteiger partial charge in [0, 0.05) is 0 Å². The second-order valence-corrected chi connectivity index (χ2v) is 7.06. The molecule has 1 N–H and O–H groups in total. The van der Waals surface area contributed by atoms with Gasteiger partial charge in [-0.2, -0.15) is 0 Å². The number of esters is 1. The molecule has 0 aromatic carbocycles. The monoisotopic (exact) mass is 282 g/mol. The first-order valence-electron chi connectivity index (χ1n) is 7.20. The van der Waals surface area contributed by atoms with Gasteiger partial charge < -0.3 is 9.84 Å². The molecule has 0 bridgehead atoms. The molecule has 1 rings (SSSR count). The number of ether oxygens (including phenoxy) is 1. The SMILES string of the molecule is CC(C)C[C@@H](C(=O)O)C1(C(=O)OC(C)(C)C)CC=CC1. The largest absolute Gasteiger partial charge is 0.481 e. The molecule has 0 fully saturated rings. The van der Waals surface area contributed by atoms with Crippen LogP contribution in [0.5, 0.6) is 0 Å². The molecule has 1 aliphatic carbocycles. The summed E-state index contributed by atoms with van der Waals surface area (Å²) >= 11 is 0. The molecule has 0 aromatic heterocycles. The van der Waals surface area contributed by atoms with E-state index in [1.807, 2.05) is 26.0 Å². The minimum Gasteiger partial charge on any atom is -0.481 e. The minimum atomic E-state index is -0.941. The average Bonchev–Trinajstić information content (AvgIpc) is 2.72. The van der Waals surface area contributed by atoms with E-state index in [0.717, 1.165) is 0 Å². The summed E-state index contributed by atoms with van der Waals surface area (Å²) in [5, 5.41) is 9.56. The van der Waals surface area contributed by atoms with E-state index in [0.29, 0.717) is 19.3 Å². The normalized spacial score (nSPS) is 19.1. The molecule has 4 nitrogen and oxygen atoms in total. The average molecular weight is 282 g/mol. The smallest absolute Gasteiger partial charge is 0.314 e. The van der Waals surface area contributed by atoms with Gasteiger partial charge in [0.25, 0.3) is 0 Å². The standard InChI is InChI=1S/C16H26O4/c1-11(2)10-12(13(17)18)16(8-6-7-9-16)14(19)20-15(3,4)5/h6-7,11-12H,8-10H2,1-5H3,(H,17,18)/t12-/m0/s1. The van der Waals surface area contributed by atoms with E-state index in [2.05, 4.69) is 0 Å². The highest BCUT2D eigenvalue weighted by Gasteiger charge is 2.51. The predicted octanol–water partition coefficient (Wildman–Crippen LogP) is 3.41. The fourth-order valence-corrected chi connectivity index (χ4v) is 2.68. The lowest BCUT2D eigenvalue weighted by atomic mass is 9.70. The van der Waals surface area contributed by atoms with Crippen molar-refractivity contribution in [1.29, 1.82) is 0 Å². The van der Waals surface area contributed by atoms with Gasteiger partial charge in [-0.05, 0) is 46.0 Å².